The topological polar surface area (TPSA) is 35.5 Å². The second-order valence-corrected chi connectivity index (χ2v) is 6.27. The first-order valence-electron chi connectivity index (χ1n) is 7.80. The van der Waals surface area contributed by atoms with Gasteiger partial charge in [0.25, 0.3) is 0 Å². The van der Waals surface area contributed by atoms with Crippen molar-refractivity contribution in [1.29, 1.82) is 0 Å². The molecule has 0 bridgehead atoms. The highest BCUT2D eigenvalue weighted by Gasteiger charge is 2.11. The fraction of sp³-hybridized carbons (Fsp3) is 0.150. The van der Waals surface area contributed by atoms with Crippen LogP contribution in [-0.4, -0.2) is 12.6 Å². The van der Waals surface area contributed by atoms with Crippen LogP contribution < -0.4 is 4.74 Å². The molecule has 0 spiro atoms. The van der Waals surface area contributed by atoms with E-state index in [9.17, 15) is 4.79 Å². The fourth-order valence-electron chi connectivity index (χ4n) is 2.29. The maximum absolute atomic E-state index is 11.8. The Kier molecular flexibility index (Phi) is 5.29. The largest absolute Gasteiger partial charge is 0.489 e. The summed E-state index contributed by atoms with van der Waals surface area (Å²) in [6.45, 7) is 2.72. The lowest BCUT2D eigenvalue weighted by molar-refractivity contribution is 0.0532. The van der Waals surface area contributed by atoms with Crippen molar-refractivity contribution < 1.29 is 14.3 Å². The van der Waals surface area contributed by atoms with E-state index in [-0.39, 0.29) is 5.97 Å². The predicted molar refractivity (Wildman–Crippen MR) is 96.5 cm³/mol. The normalized spacial score (nSPS) is 10.4. The zero-order chi connectivity index (χ0) is 16.8. The third-order valence-corrected chi connectivity index (χ3v) is 4.56. The van der Waals surface area contributed by atoms with E-state index in [1.165, 1.54) is 11.3 Å². The second-order valence-electron chi connectivity index (χ2n) is 5.19. The van der Waals surface area contributed by atoms with Crippen LogP contribution in [0.2, 0.25) is 0 Å². The molecule has 3 nitrogen and oxygen atoms in total. The van der Waals surface area contributed by atoms with Crippen LogP contribution in [-0.2, 0) is 11.3 Å². The lowest BCUT2D eigenvalue weighted by atomic mass is 10.2. The maximum atomic E-state index is 11.8. The van der Waals surface area contributed by atoms with Crippen molar-refractivity contribution in [3.63, 3.8) is 0 Å². The van der Waals surface area contributed by atoms with Crippen molar-refractivity contribution in [2.45, 2.75) is 13.5 Å². The number of carbonyl (C=O) groups excluding carboxylic acids is 1. The number of hydrogen-bond donors (Lipinski definition) is 0. The van der Waals surface area contributed by atoms with Gasteiger partial charge in [-0.1, -0.05) is 42.5 Å². The Morgan fingerprint density at radius 1 is 1.00 bits per heavy atom. The van der Waals surface area contributed by atoms with Crippen molar-refractivity contribution >= 4 is 17.3 Å². The molecule has 0 aliphatic heterocycles. The van der Waals surface area contributed by atoms with Gasteiger partial charge in [0.2, 0.25) is 0 Å². The Morgan fingerprint density at radius 2 is 1.83 bits per heavy atom. The average Bonchev–Trinajstić information content (AvgIpc) is 3.12. The first-order valence-corrected chi connectivity index (χ1v) is 8.62. The zero-order valence-electron chi connectivity index (χ0n) is 13.4. The summed E-state index contributed by atoms with van der Waals surface area (Å²) in [5.41, 5.74) is 2.16. The molecule has 0 saturated carbocycles. The quantitative estimate of drug-likeness (QED) is 0.582. The molecule has 0 amide bonds. The van der Waals surface area contributed by atoms with Gasteiger partial charge in [-0.2, -0.15) is 0 Å². The molecule has 2 aromatic carbocycles. The maximum Gasteiger partial charge on any atom is 0.348 e. The van der Waals surface area contributed by atoms with Gasteiger partial charge < -0.3 is 9.47 Å². The number of thiophene rings is 1. The first kappa shape index (κ1) is 16.3. The summed E-state index contributed by atoms with van der Waals surface area (Å²) in [4.78, 5) is 13.4. The third-order valence-electron chi connectivity index (χ3n) is 3.45. The smallest absolute Gasteiger partial charge is 0.348 e. The van der Waals surface area contributed by atoms with Crippen molar-refractivity contribution in [2.24, 2.45) is 0 Å². The Morgan fingerprint density at radius 3 is 2.62 bits per heavy atom. The second kappa shape index (κ2) is 7.79. The molecule has 0 aliphatic rings. The Labute approximate surface area is 145 Å². The average molecular weight is 338 g/mol. The van der Waals surface area contributed by atoms with Crippen molar-refractivity contribution in [3.8, 4) is 16.2 Å². The highest BCUT2D eigenvalue weighted by Crippen LogP contribution is 2.31. The van der Waals surface area contributed by atoms with Crippen LogP contribution in [0.3, 0.4) is 0 Å². The van der Waals surface area contributed by atoms with E-state index in [2.05, 4.69) is 0 Å². The summed E-state index contributed by atoms with van der Waals surface area (Å²) in [7, 11) is 0. The minimum Gasteiger partial charge on any atom is -0.489 e. The summed E-state index contributed by atoms with van der Waals surface area (Å²) < 4.78 is 10.9. The van der Waals surface area contributed by atoms with E-state index in [4.69, 9.17) is 9.47 Å². The van der Waals surface area contributed by atoms with Crippen LogP contribution in [0.4, 0.5) is 0 Å². The van der Waals surface area contributed by atoms with Crippen LogP contribution in [0.1, 0.15) is 22.2 Å². The molecule has 0 fully saturated rings. The molecule has 0 saturated heterocycles. The van der Waals surface area contributed by atoms with E-state index < -0.39 is 0 Å². The molecule has 0 radical (unpaired) electrons. The minimum atomic E-state index is -0.273. The monoisotopic (exact) mass is 338 g/mol. The molecule has 3 rings (SSSR count). The SMILES string of the molecule is CCOC(=O)c1ccc(-c2cccc(OCc3ccccc3)c2)s1. The molecular weight excluding hydrogens is 320 g/mol. The van der Waals surface area contributed by atoms with E-state index >= 15 is 0 Å². The van der Waals surface area contributed by atoms with Crippen molar-refractivity contribution in [2.75, 3.05) is 6.61 Å². The van der Waals surface area contributed by atoms with Crippen molar-refractivity contribution in [3.05, 3.63) is 77.2 Å². The molecule has 122 valence electrons. The number of esters is 1. The van der Waals surface area contributed by atoms with Gasteiger partial charge in [-0.3, -0.25) is 0 Å². The number of rotatable bonds is 6. The Bertz CT molecular complexity index is 809. The lowest BCUT2D eigenvalue weighted by Gasteiger charge is -2.07. The van der Waals surface area contributed by atoms with E-state index in [0.717, 1.165) is 21.8 Å². The molecule has 3 aromatic rings. The third kappa shape index (κ3) is 4.03. The van der Waals surface area contributed by atoms with Crippen LogP contribution in [0.25, 0.3) is 10.4 Å². The molecule has 24 heavy (non-hydrogen) atoms. The molecule has 1 heterocycles. The number of ether oxygens (including phenoxy) is 2. The van der Waals surface area contributed by atoms with Gasteiger partial charge in [0, 0.05) is 4.88 Å². The summed E-state index contributed by atoms with van der Waals surface area (Å²) in [6.07, 6.45) is 0. The number of hydrogen-bond acceptors (Lipinski definition) is 4. The number of carbonyl (C=O) groups is 1. The van der Waals surface area contributed by atoms with Crippen LogP contribution in [0, 0.1) is 0 Å². The van der Waals surface area contributed by atoms with Gasteiger partial charge in [0.1, 0.15) is 17.2 Å². The van der Waals surface area contributed by atoms with Crippen LogP contribution >= 0.6 is 11.3 Å². The lowest BCUT2D eigenvalue weighted by Crippen LogP contribution is -2.01. The molecule has 1 aromatic heterocycles. The highest BCUT2D eigenvalue weighted by molar-refractivity contribution is 7.17. The summed E-state index contributed by atoms with van der Waals surface area (Å²) >= 11 is 1.43. The number of benzene rings is 2. The molecule has 4 heteroatoms. The molecule has 0 N–H and O–H groups in total. The summed E-state index contributed by atoms with van der Waals surface area (Å²) in [5, 5.41) is 0. The standard InChI is InChI=1S/C20H18O3S/c1-2-22-20(21)19-12-11-18(24-19)16-9-6-10-17(13-16)23-14-15-7-4-3-5-8-15/h3-13H,2,14H2,1H3. The van der Waals surface area contributed by atoms with E-state index in [0.29, 0.717) is 18.1 Å². The molecule has 0 unspecified atom stereocenters. The fourth-order valence-corrected chi connectivity index (χ4v) is 3.18. The van der Waals surface area contributed by atoms with Gasteiger partial charge in [0.15, 0.2) is 0 Å². The van der Waals surface area contributed by atoms with Gasteiger partial charge in [-0.05, 0) is 42.3 Å². The molecular formula is C20H18O3S. The van der Waals surface area contributed by atoms with Gasteiger partial charge in [-0.15, -0.1) is 11.3 Å². The van der Waals surface area contributed by atoms with Crippen molar-refractivity contribution in [1.82, 2.24) is 0 Å². The highest BCUT2D eigenvalue weighted by atomic mass is 32.1. The van der Waals surface area contributed by atoms with Gasteiger partial charge >= 0.3 is 5.97 Å². The van der Waals surface area contributed by atoms with Gasteiger partial charge in [-0.25, -0.2) is 4.79 Å². The zero-order valence-corrected chi connectivity index (χ0v) is 14.2. The summed E-state index contributed by atoms with van der Waals surface area (Å²) in [5.74, 6) is 0.535. The molecule has 0 aliphatic carbocycles. The Hall–Kier alpha value is -2.59. The Balaban J connectivity index is 1.72. The van der Waals surface area contributed by atoms with E-state index in [1.807, 2.05) is 60.7 Å². The summed E-state index contributed by atoms with van der Waals surface area (Å²) in [6, 6.07) is 21.7. The first-order chi connectivity index (χ1) is 11.8. The molecule has 0 atom stereocenters. The minimum absolute atomic E-state index is 0.273. The van der Waals surface area contributed by atoms with E-state index in [1.54, 1.807) is 13.0 Å². The van der Waals surface area contributed by atoms with Crippen LogP contribution in [0.15, 0.2) is 66.7 Å². The van der Waals surface area contributed by atoms with Crippen LogP contribution in [0.5, 0.6) is 5.75 Å². The van der Waals surface area contributed by atoms with Gasteiger partial charge in [0.05, 0.1) is 6.61 Å². The predicted octanol–water partition coefficient (Wildman–Crippen LogP) is 5.17.